The first kappa shape index (κ1) is 12.4. The first-order chi connectivity index (χ1) is 6.02. The summed E-state index contributed by atoms with van der Waals surface area (Å²) >= 11 is 0. The number of hydrogen-bond donors (Lipinski definition) is 2. The fourth-order valence-electron chi connectivity index (χ4n) is 0.700. The van der Waals surface area contributed by atoms with Gasteiger partial charge >= 0.3 is 0 Å². The van der Waals surface area contributed by atoms with E-state index in [0.717, 1.165) is 12.8 Å². The second-order valence-corrected chi connectivity index (χ2v) is 4.59. The SMILES string of the molecule is CCCCNC(=O)CS(=O)(=O)NC. The Kier molecular flexibility index (Phi) is 5.65. The highest BCUT2D eigenvalue weighted by atomic mass is 32.2. The van der Waals surface area contributed by atoms with Gasteiger partial charge in [0.2, 0.25) is 15.9 Å². The number of sulfonamides is 1. The number of rotatable bonds is 6. The van der Waals surface area contributed by atoms with Crippen LogP contribution in [0.15, 0.2) is 0 Å². The average molecular weight is 208 g/mol. The molecular formula is C7H16N2O3S. The molecule has 0 aromatic rings. The number of carbonyl (C=O) groups is 1. The molecule has 0 bridgehead atoms. The first-order valence-electron chi connectivity index (χ1n) is 4.19. The van der Waals surface area contributed by atoms with E-state index in [1.807, 2.05) is 6.92 Å². The highest BCUT2D eigenvalue weighted by Gasteiger charge is 2.12. The third-order valence-corrected chi connectivity index (χ3v) is 2.75. The molecule has 0 spiro atoms. The topological polar surface area (TPSA) is 75.3 Å². The van der Waals surface area contributed by atoms with E-state index in [1.54, 1.807) is 0 Å². The summed E-state index contributed by atoms with van der Waals surface area (Å²) in [5.74, 6) is -0.949. The molecule has 0 fully saturated rings. The van der Waals surface area contributed by atoms with Crippen molar-refractivity contribution >= 4 is 15.9 Å². The molecule has 0 aliphatic carbocycles. The molecule has 6 heteroatoms. The Balaban J connectivity index is 3.75. The molecule has 0 saturated carbocycles. The Morgan fingerprint density at radius 3 is 2.46 bits per heavy atom. The minimum absolute atomic E-state index is 0.456. The highest BCUT2D eigenvalue weighted by Crippen LogP contribution is 1.85. The predicted octanol–water partition coefficient (Wildman–Crippen LogP) is -0.548. The van der Waals surface area contributed by atoms with E-state index >= 15 is 0 Å². The van der Waals surface area contributed by atoms with Crippen LogP contribution in [0.4, 0.5) is 0 Å². The second-order valence-electron chi connectivity index (χ2n) is 2.67. The molecule has 0 radical (unpaired) electrons. The summed E-state index contributed by atoms with van der Waals surface area (Å²) in [4.78, 5) is 11.0. The summed E-state index contributed by atoms with van der Waals surface area (Å²) in [6, 6.07) is 0. The first-order valence-corrected chi connectivity index (χ1v) is 5.85. The maximum atomic E-state index is 11.0. The summed E-state index contributed by atoms with van der Waals surface area (Å²) in [6.45, 7) is 2.53. The van der Waals surface area contributed by atoms with Gasteiger partial charge in [0.1, 0.15) is 5.75 Å². The Morgan fingerprint density at radius 1 is 1.38 bits per heavy atom. The lowest BCUT2D eigenvalue weighted by molar-refractivity contribution is -0.118. The minimum Gasteiger partial charge on any atom is -0.355 e. The van der Waals surface area contributed by atoms with E-state index in [9.17, 15) is 13.2 Å². The van der Waals surface area contributed by atoms with Crippen LogP contribution in [0.3, 0.4) is 0 Å². The van der Waals surface area contributed by atoms with Gasteiger partial charge < -0.3 is 5.32 Å². The molecule has 0 rings (SSSR count). The largest absolute Gasteiger partial charge is 0.355 e. The maximum Gasteiger partial charge on any atom is 0.236 e. The van der Waals surface area contributed by atoms with Crippen molar-refractivity contribution in [1.82, 2.24) is 10.0 Å². The number of hydrogen-bond acceptors (Lipinski definition) is 3. The van der Waals surface area contributed by atoms with Crippen molar-refractivity contribution in [3.05, 3.63) is 0 Å². The van der Waals surface area contributed by atoms with Gasteiger partial charge in [0.15, 0.2) is 0 Å². The molecule has 0 atom stereocenters. The van der Waals surface area contributed by atoms with Crippen molar-refractivity contribution in [3.63, 3.8) is 0 Å². The zero-order valence-corrected chi connectivity index (χ0v) is 8.78. The standard InChI is InChI=1S/C7H16N2O3S/c1-3-4-5-9-7(10)6-13(11,12)8-2/h8H,3-6H2,1-2H3,(H,9,10). The van der Waals surface area contributed by atoms with Crippen molar-refractivity contribution in [2.45, 2.75) is 19.8 Å². The zero-order chi connectivity index (χ0) is 10.3. The van der Waals surface area contributed by atoms with Gasteiger partial charge in [0, 0.05) is 6.54 Å². The predicted molar refractivity (Wildman–Crippen MR) is 50.8 cm³/mol. The molecule has 0 aliphatic heterocycles. The Morgan fingerprint density at radius 2 is 2.00 bits per heavy atom. The highest BCUT2D eigenvalue weighted by molar-refractivity contribution is 7.90. The van der Waals surface area contributed by atoms with Crippen LogP contribution < -0.4 is 10.0 Å². The van der Waals surface area contributed by atoms with Gasteiger partial charge in [-0.25, -0.2) is 13.1 Å². The lowest BCUT2D eigenvalue weighted by atomic mass is 10.3. The summed E-state index contributed by atoms with van der Waals surface area (Å²) in [5.41, 5.74) is 0. The molecule has 5 nitrogen and oxygen atoms in total. The summed E-state index contributed by atoms with van der Waals surface area (Å²) in [7, 11) is -2.13. The molecule has 0 unspecified atom stereocenters. The molecule has 2 N–H and O–H groups in total. The third-order valence-electron chi connectivity index (χ3n) is 1.48. The monoisotopic (exact) mass is 208 g/mol. The lowest BCUT2D eigenvalue weighted by Crippen LogP contribution is -2.35. The van der Waals surface area contributed by atoms with Crippen molar-refractivity contribution in [1.29, 1.82) is 0 Å². The molecule has 78 valence electrons. The van der Waals surface area contributed by atoms with Gasteiger partial charge in [-0.3, -0.25) is 4.79 Å². The van der Waals surface area contributed by atoms with Crippen LogP contribution >= 0.6 is 0 Å². The van der Waals surface area contributed by atoms with Crippen LogP contribution in [0.1, 0.15) is 19.8 Å². The molecular weight excluding hydrogens is 192 g/mol. The van der Waals surface area contributed by atoms with Gasteiger partial charge in [0.05, 0.1) is 0 Å². The van der Waals surface area contributed by atoms with E-state index < -0.39 is 21.7 Å². The van der Waals surface area contributed by atoms with E-state index in [2.05, 4.69) is 10.0 Å². The Bertz CT molecular complexity index is 248. The summed E-state index contributed by atoms with van der Waals surface area (Å²) in [6.07, 6.45) is 1.84. The summed E-state index contributed by atoms with van der Waals surface area (Å²) < 4.78 is 23.8. The third kappa shape index (κ3) is 6.53. The zero-order valence-electron chi connectivity index (χ0n) is 7.96. The average Bonchev–Trinajstić information content (AvgIpc) is 2.04. The summed E-state index contributed by atoms with van der Waals surface area (Å²) in [5, 5.41) is 2.52. The molecule has 0 aromatic heterocycles. The lowest BCUT2D eigenvalue weighted by Gasteiger charge is -2.03. The minimum atomic E-state index is -3.42. The van der Waals surface area contributed by atoms with Gasteiger partial charge in [-0.15, -0.1) is 0 Å². The molecule has 1 amide bonds. The van der Waals surface area contributed by atoms with E-state index in [-0.39, 0.29) is 0 Å². The van der Waals surface area contributed by atoms with Crippen molar-refractivity contribution in [3.8, 4) is 0 Å². The van der Waals surface area contributed by atoms with Crippen molar-refractivity contribution in [2.24, 2.45) is 0 Å². The van der Waals surface area contributed by atoms with Crippen LogP contribution in [0.2, 0.25) is 0 Å². The van der Waals surface area contributed by atoms with Gasteiger partial charge in [-0.05, 0) is 13.5 Å². The molecule has 0 aliphatic rings. The fraction of sp³-hybridized carbons (Fsp3) is 0.857. The number of amides is 1. The molecule has 13 heavy (non-hydrogen) atoms. The Labute approximate surface area is 79.0 Å². The molecule has 0 saturated heterocycles. The quantitative estimate of drug-likeness (QED) is 0.575. The van der Waals surface area contributed by atoms with Crippen molar-refractivity contribution < 1.29 is 13.2 Å². The van der Waals surface area contributed by atoms with Crippen LogP contribution in [0.25, 0.3) is 0 Å². The molecule has 0 aromatic carbocycles. The van der Waals surface area contributed by atoms with Gasteiger partial charge in [-0.2, -0.15) is 0 Å². The number of carbonyl (C=O) groups excluding carboxylic acids is 1. The fourth-order valence-corrected chi connectivity index (χ4v) is 1.29. The van der Waals surface area contributed by atoms with Crippen LogP contribution in [-0.2, 0) is 14.8 Å². The van der Waals surface area contributed by atoms with Gasteiger partial charge in [-0.1, -0.05) is 13.3 Å². The van der Waals surface area contributed by atoms with Crippen molar-refractivity contribution in [2.75, 3.05) is 19.3 Å². The second kappa shape index (κ2) is 5.93. The van der Waals surface area contributed by atoms with E-state index in [4.69, 9.17) is 0 Å². The normalized spacial score (nSPS) is 11.2. The number of nitrogens with one attached hydrogen (secondary N) is 2. The van der Waals surface area contributed by atoms with Crippen LogP contribution in [-0.4, -0.2) is 33.7 Å². The maximum absolute atomic E-state index is 11.0. The number of unbranched alkanes of at least 4 members (excludes halogenated alkanes) is 1. The molecule has 0 heterocycles. The van der Waals surface area contributed by atoms with Gasteiger partial charge in [0.25, 0.3) is 0 Å². The van der Waals surface area contributed by atoms with E-state index in [0.29, 0.717) is 6.54 Å². The van der Waals surface area contributed by atoms with E-state index in [1.165, 1.54) is 7.05 Å². The van der Waals surface area contributed by atoms with Crippen LogP contribution in [0, 0.1) is 0 Å². The van der Waals surface area contributed by atoms with Crippen LogP contribution in [0.5, 0.6) is 0 Å². The smallest absolute Gasteiger partial charge is 0.236 e. The Hall–Kier alpha value is -0.620.